The standard InChI is InChI=1S/C9H12N2O3S/c1-6(9(11)12)15(13,14)8-4-2-3-7(10)5-8/h2-6H,10H2,1H3,(H2,11,12). The Morgan fingerprint density at radius 2 is 2.00 bits per heavy atom. The van der Waals surface area contributed by atoms with Crippen molar-refractivity contribution in [1.29, 1.82) is 0 Å². The Labute approximate surface area is 88.0 Å². The van der Waals surface area contributed by atoms with E-state index in [1.807, 2.05) is 0 Å². The van der Waals surface area contributed by atoms with Gasteiger partial charge in [-0.3, -0.25) is 4.79 Å². The normalized spacial score (nSPS) is 13.4. The summed E-state index contributed by atoms with van der Waals surface area (Å²) in [4.78, 5) is 10.8. The van der Waals surface area contributed by atoms with Gasteiger partial charge in [-0.05, 0) is 25.1 Å². The van der Waals surface area contributed by atoms with Crippen molar-refractivity contribution >= 4 is 21.4 Å². The van der Waals surface area contributed by atoms with Crippen molar-refractivity contribution in [3.05, 3.63) is 24.3 Å². The maximum Gasteiger partial charge on any atom is 0.235 e. The molecule has 82 valence electrons. The molecule has 0 spiro atoms. The van der Waals surface area contributed by atoms with E-state index in [0.717, 1.165) is 0 Å². The third kappa shape index (κ3) is 2.27. The van der Waals surface area contributed by atoms with Gasteiger partial charge < -0.3 is 11.5 Å². The van der Waals surface area contributed by atoms with Gasteiger partial charge in [-0.2, -0.15) is 0 Å². The third-order valence-electron chi connectivity index (χ3n) is 2.05. The molecule has 1 rings (SSSR count). The molecule has 1 atom stereocenters. The zero-order valence-electron chi connectivity index (χ0n) is 8.17. The van der Waals surface area contributed by atoms with Crippen molar-refractivity contribution < 1.29 is 13.2 Å². The molecule has 0 saturated carbocycles. The third-order valence-corrected chi connectivity index (χ3v) is 4.13. The number of benzene rings is 1. The summed E-state index contributed by atoms with van der Waals surface area (Å²) in [6.45, 7) is 1.25. The molecule has 0 radical (unpaired) electrons. The van der Waals surface area contributed by atoms with Gasteiger partial charge >= 0.3 is 0 Å². The highest BCUT2D eigenvalue weighted by Crippen LogP contribution is 2.18. The van der Waals surface area contributed by atoms with Crippen LogP contribution in [0, 0.1) is 0 Å². The average molecular weight is 228 g/mol. The van der Waals surface area contributed by atoms with E-state index >= 15 is 0 Å². The summed E-state index contributed by atoms with van der Waals surface area (Å²) in [6, 6.07) is 5.75. The van der Waals surface area contributed by atoms with Gasteiger partial charge in [0.25, 0.3) is 0 Å². The number of carbonyl (C=O) groups is 1. The second kappa shape index (κ2) is 3.90. The number of hydrogen-bond donors (Lipinski definition) is 2. The molecular weight excluding hydrogens is 216 g/mol. The molecule has 1 amide bonds. The molecule has 0 bridgehead atoms. The fourth-order valence-corrected chi connectivity index (χ4v) is 2.33. The second-order valence-corrected chi connectivity index (χ2v) is 5.43. The summed E-state index contributed by atoms with van der Waals surface area (Å²) >= 11 is 0. The lowest BCUT2D eigenvalue weighted by molar-refractivity contribution is -0.117. The first-order valence-corrected chi connectivity index (χ1v) is 5.79. The molecule has 15 heavy (non-hydrogen) atoms. The number of nitrogen functional groups attached to an aromatic ring is 1. The van der Waals surface area contributed by atoms with Crippen LogP contribution in [0.5, 0.6) is 0 Å². The predicted octanol–water partition coefficient (Wildman–Crippen LogP) is -0.0837. The van der Waals surface area contributed by atoms with E-state index < -0.39 is 21.0 Å². The van der Waals surface area contributed by atoms with E-state index in [0.29, 0.717) is 5.69 Å². The van der Waals surface area contributed by atoms with Gasteiger partial charge in [0, 0.05) is 5.69 Å². The van der Waals surface area contributed by atoms with Crippen LogP contribution in [0.25, 0.3) is 0 Å². The van der Waals surface area contributed by atoms with Gasteiger partial charge in [-0.1, -0.05) is 6.07 Å². The first kappa shape index (κ1) is 11.5. The molecule has 0 saturated heterocycles. The Morgan fingerprint density at radius 1 is 1.40 bits per heavy atom. The molecule has 5 nitrogen and oxygen atoms in total. The number of nitrogens with two attached hydrogens (primary N) is 2. The first-order valence-electron chi connectivity index (χ1n) is 4.24. The number of anilines is 1. The number of hydrogen-bond acceptors (Lipinski definition) is 4. The van der Waals surface area contributed by atoms with Gasteiger partial charge in [0.15, 0.2) is 9.84 Å². The molecule has 0 aliphatic rings. The number of carbonyl (C=O) groups excluding carboxylic acids is 1. The Hall–Kier alpha value is -1.56. The van der Waals surface area contributed by atoms with Crippen LogP contribution in [0.1, 0.15) is 6.92 Å². The highest BCUT2D eigenvalue weighted by atomic mass is 32.2. The summed E-state index contributed by atoms with van der Waals surface area (Å²) in [6.07, 6.45) is 0. The maximum absolute atomic E-state index is 11.8. The lowest BCUT2D eigenvalue weighted by Gasteiger charge is -2.09. The van der Waals surface area contributed by atoms with Crippen LogP contribution < -0.4 is 11.5 Å². The van der Waals surface area contributed by atoms with Crippen LogP contribution in [-0.4, -0.2) is 19.6 Å². The van der Waals surface area contributed by atoms with E-state index in [2.05, 4.69) is 0 Å². The Morgan fingerprint density at radius 3 is 2.47 bits per heavy atom. The summed E-state index contributed by atoms with van der Waals surface area (Å²) in [5.74, 6) is -0.877. The molecule has 1 aromatic carbocycles. The van der Waals surface area contributed by atoms with Gasteiger partial charge in [0.1, 0.15) is 5.25 Å². The molecule has 0 fully saturated rings. The van der Waals surface area contributed by atoms with Gasteiger partial charge in [-0.15, -0.1) is 0 Å². The van der Waals surface area contributed by atoms with Crippen LogP contribution in [0.4, 0.5) is 5.69 Å². The van der Waals surface area contributed by atoms with Crippen LogP contribution in [0.3, 0.4) is 0 Å². The predicted molar refractivity (Wildman–Crippen MR) is 56.7 cm³/mol. The highest BCUT2D eigenvalue weighted by molar-refractivity contribution is 7.92. The molecule has 4 N–H and O–H groups in total. The van der Waals surface area contributed by atoms with Crippen molar-refractivity contribution in [2.75, 3.05) is 5.73 Å². The minimum absolute atomic E-state index is 0.00815. The van der Waals surface area contributed by atoms with Crippen molar-refractivity contribution in [3.63, 3.8) is 0 Å². The molecule has 1 unspecified atom stereocenters. The fraction of sp³-hybridized carbons (Fsp3) is 0.222. The fourth-order valence-electron chi connectivity index (χ4n) is 1.05. The summed E-state index contributed by atoms with van der Waals surface area (Å²) in [5, 5.41) is -1.25. The molecule has 0 heterocycles. The van der Waals surface area contributed by atoms with Crippen molar-refractivity contribution in [2.24, 2.45) is 5.73 Å². The van der Waals surface area contributed by atoms with Crippen LogP contribution in [0.2, 0.25) is 0 Å². The largest absolute Gasteiger partial charge is 0.399 e. The van der Waals surface area contributed by atoms with Gasteiger partial charge in [0.05, 0.1) is 4.90 Å². The maximum atomic E-state index is 11.8. The molecule has 0 aromatic heterocycles. The number of sulfone groups is 1. The topological polar surface area (TPSA) is 103 Å². The van der Waals surface area contributed by atoms with E-state index in [1.165, 1.54) is 25.1 Å². The Bertz CT molecular complexity index is 482. The van der Waals surface area contributed by atoms with Crippen molar-refractivity contribution in [3.8, 4) is 0 Å². The highest BCUT2D eigenvalue weighted by Gasteiger charge is 2.27. The van der Waals surface area contributed by atoms with Crippen LogP contribution >= 0.6 is 0 Å². The smallest absolute Gasteiger partial charge is 0.235 e. The zero-order valence-corrected chi connectivity index (χ0v) is 8.99. The van der Waals surface area contributed by atoms with E-state index in [1.54, 1.807) is 6.07 Å². The Kier molecular flexibility index (Phi) is 2.99. The zero-order chi connectivity index (χ0) is 11.6. The molecule has 6 heteroatoms. The van der Waals surface area contributed by atoms with E-state index in [-0.39, 0.29) is 4.90 Å². The SMILES string of the molecule is CC(C(N)=O)S(=O)(=O)c1cccc(N)c1. The molecule has 0 aliphatic heterocycles. The monoisotopic (exact) mass is 228 g/mol. The number of amides is 1. The molecule has 0 aliphatic carbocycles. The van der Waals surface area contributed by atoms with Crippen LogP contribution in [-0.2, 0) is 14.6 Å². The summed E-state index contributed by atoms with van der Waals surface area (Å²) < 4.78 is 23.5. The van der Waals surface area contributed by atoms with E-state index in [4.69, 9.17) is 11.5 Å². The van der Waals surface area contributed by atoms with Crippen molar-refractivity contribution in [2.45, 2.75) is 17.1 Å². The Balaban J connectivity index is 3.23. The minimum Gasteiger partial charge on any atom is -0.399 e. The lowest BCUT2D eigenvalue weighted by atomic mass is 10.3. The minimum atomic E-state index is -3.72. The second-order valence-electron chi connectivity index (χ2n) is 3.16. The molecule has 1 aromatic rings. The number of rotatable bonds is 3. The first-order chi connectivity index (χ1) is 6.85. The summed E-state index contributed by atoms with van der Waals surface area (Å²) in [5.41, 5.74) is 10.7. The summed E-state index contributed by atoms with van der Waals surface area (Å²) in [7, 11) is -3.72. The van der Waals surface area contributed by atoms with Crippen molar-refractivity contribution in [1.82, 2.24) is 0 Å². The van der Waals surface area contributed by atoms with Gasteiger partial charge in [-0.25, -0.2) is 8.42 Å². The quantitative estimate of drug-likeness (QED) is 0.706. The number of primary amides is 1. The molecular formula is C9H12N2O3S. The average Bonchev–Trinajstić information content (AvgIpc) is 2.16. The van der Waals surface area contributed by atoms with Crippen LogP contribution in [0.15, 0.2) is 29.2 Å². The van der Waals surface area contributed by atoms with Gasteiger partial charge in [0.2, 0.25) is 5.91 Å². The van der Waals surface area contributed by atoms with E-state index in [9.17, 15) is 13.2 Å². The lowest BCUT2D eigenvalue weighted by Crippen LogP contribution is -2.33.